The van der Waals surface area contributed by atoms with E-state index in [1.807, 2.05) is 31.2 Å². The van der Waals surface area contributed by atoms with Crippen LogP contribution in [-0.4, -0.2) is 18.5 Å². The molecule has 1 aromatic heterocycles. The van der Waals surface area contributed by atoms with Crippen molar-refractivity contribution in [1.82, 2.24) is 0 Å². The van der Waals surface area contributed by atoms with E-state index in [1.54, 1.807) is 6.07 Å². The van der Waals surface area contributed by atoms with E-state index in [1.165, 1.54) is 11.3 Å². The molecule has 1 aromatic carbocycles. The molecule has 5 N–H and O–H groups in total. The van der Waals surface area contributed by atoms with E-state index >= 15 is 0 Å². The summed E-state index contributed by atoms with van der Waals surface area (Å²) in [5, 5.41) is 2.74. The van der Waals surface area contributed by atoms with Crippen molar-refractivity contribution in [2.75, 3.05) is 11.9 Å². The van der Waals surface area contributed by atoms with Crippen molar-refractivity contribution in [2.24, 2.45) is 11.5 Å². The number of nitrogens with two attached hydrogens (primary N) is 2. The highest BCUT2D eigenvalue weighted by atomic mass is 32.1. The number of benzene rings is 1. The Kier molecular flexibility index (Phi) is 4.44. The predicted molar refractivity (Wildman–Crippen MR) is 82.6 cm³/mol. The van der Waals surface area contributed by atoms with Gasteiger partial charge < -0.3 is 16.2 Å². The first-order chi connectivity index (χ1) is 10.0. The highest BCUT2D eigenvalue weighted by Gasteiger charge is 2.17. The van der Waals surface area contributed by atoms with Crippen LogP contribution in [0.4, 0.5) is 9.80 Å². The second-order valence-electron chi connectivity index (χ2n) is 4.14. The maximum Gasteiger partial charge on any atom is 0.317 e. The van der Waals surface area contributed by atoms with Crippen molar-refractivity contribution >= 4 is 28.3 Å². The van der Waals surface area contributed by atoms with Gasteiger partial charge in [0.25, 0.3) is 5.91 Å². The lowest BCUT2D eigenvalue weighted by atomic mass is 10.1. The minimum atomic E-state index is -0.746. The normalized spacial score (nSPS) is 10.1. The number of anilines is 1. The van der Waals surface area contributed by atoms with Gasteiger partial charge in [0, 0.05) is 10.4 Å². The lowest BCUT2D eigenvalue weighted by Gasteiger charge is -2.07. The quantitative estimate of drug-likeness (QED) is 0.789. The number of para-hydroxylation sites is 1. The van der Waals surface area contributed by atoms with Crippen molar-refractivity contribution in [3.8, 4) is 16.2 Å². The molecule has 0 saturated heterocycles. The fraction of sp³-hybridized carbons (Fsp3) is 0.143. The van der Waals surface area contributed by atoms with Gasteiger partial charge in [-0.15, -0.1) is 11.3 Å². The Morgan fingerprint density at radius 2 is 2.00 bits per heavy atom. The molecule has 7 heteroatoms. The van der Waals surface area contributed by atoms with E-state index in [0.29, 0.717) is 17.4 Å². The number of rotatable bonds is 5. The lowest BCUT2D eigenvalue weighted by Crippen LogP contribution is -2.21. The molecule has 0 saturated carbocycles. The molecule has 110 valence electrons. The maximum atomic E-state index is 11.5. The molecule has 2 aromatic rings. The van der Waals surface area contributed by atoms with Crippen molar-refractivity contribution < 1.29 is 14.3 Å². The molecule has 0 aliphatic carbocycles. The molecule has 0 radical (unpaired) electrons. The highest BCUT2D eigenvalue weighted by molar-refractivity contribution is 7.20. The van der Waals surface area contributed by atoms with Gasteiger partial charge in [0.15, 0.2) is 0 Å². The number of carbonyl (C=O) groups excluding carboxylic acids is 2. The molecule has 0 spiro atoms. The monoisotopic (exact) mass is 305 g/mol. The first-order valence-corrected chi connectivity index (χ1v) is 7.06. The summed E-state index contributed by atoms with van der Waals surface area (Å²) in [5.74, 6) is 0.0676. The molecule has 0 aliphatic heterocycles. The lowest BCUT2D eigenvalue weighted by molar-refractivity contribution is 0.100. The van der Waals surface area contributed by atoms with Gasteiger partial charge in [-0.05, 0) is 25.1 Å². The summed E-state index contributed by atoms with van der Waals surface area (Å²) in [7, 11) is 0. The van der Waals surface area contributed by atoms with Gasteiger partial charge in [-0.3, -0.25) is 10.1 Å². The SMILES string of the molecule is CCOc1ccccc1-c1cc(C(N)=O)c(NC(N)=O)s1. The Morgan fingerprint density at radius 3 is 2.62 bits per heavy atom. The minimum absolute atomic E-state index is 0.222. The fourth-order valence-corrected chi connectivity index (χ4v) is 2.96. The third-order valence-electron chi connectivity index (χ3n) is 2.69. The molecule has 2 rings (SSSR count). The molecule has 21 heavy (non-hydrogen) atoms. The topological polar surface area (TPSA) is 107 Å². The van der Waals surface area contributed by atoms with Crippen LogP contribution in [0.2, 0.25) is 0 Å². The van der Waals surface area contributed by atoms with Gasteiger partial charge in [0.2, 0.25) is 0 Å². The van der Waals surface area contributed by atoms with Crippen LogP contribution in [-0.2, 0) is 0 Å². The Balaban J connectivity index is 2.50. The van der Waals surface area contributed by atoms with E-state index in [2.05, 4.69) is 5.32 Å². The Bertz CT molecular complexity index is 682. The zero-order valence-electron chi connectivity index (χ0n) is 11.4. The molecule has 0 fully saturated rings. The number of hydrogen-bond donors (Lipinski definition) is 3. The van der Waals surface area contributed by atoms with Crippen LogP contribution in [0.1, 0.15) is 17.3 Å². The zero-order valence-corrected chi connectivity index (χ0v) is 12.2. The van der Waals surface area contributed by atoms with Gasteiger partial charge in [-0.25, -0.2) is 4.79 Å². The summed E-state index contributed by atoms with van der Waals surface area (Å²) in [6.07, 6.45) is 0. The average Bonchev–Trinajstić information content (AvgIpc) is 2.83. The van der Waals surface area contributed by atoms with E-state index in [4.69, 9.17) is 16.2 Å². The van der Waals surface area contributed by atoms with Crippen LogP contribution in [0.15, 0.2) is 30.3 Å². The van der Waals surface area contributed by atoms with E-state index in [9.17, 15) is 9.59 Å². The molecule has 1 heterocycles. The highest BCUT2D eigenvalue weighted by Crippen LogP contribution is 2.39. The first kappa shape index (κ1) is 14.9. The summed E-state index contributed by atoms with van der Waals surface area (Å²) >= 11 is 1.22. The predicted octanol–water partition coefficient (Wildman–Crippen LogP) is 2.40. The van der Waals surface area contributed by atoms with Crippen LogP contribution < -0.4 is 21.5 Å². The van der Waals surface area contributed by atoms with Gasteiger partial charge in [0.05, 0.1) is 12.2 Å². The molecule has 0 unspecified atom stereocenters. The summed E-state index contributed by atoms with van der Waals surface area (Å²) < 4.78 is 5.56. The van der Waals surface area contributed by atoms with E-state index < -0.39 is 11.9 Å². The van der Waals surface area contributed by atoms with Crippen molar-refractivity contribution in [2.45, 2.75) is 6.92 Å². The number of ether oxygens (including phenoxy) is 1. The smallest absolute Gasteiger partial charge is 0.317 e. The van der Waals surface area contributed by atoms with Crippen LogP contribution in [0.5, 0.6) is 5.75 Å². The number of nitrogens with one attached hydrogen (secondary N) is 1. The minimum Gasteiger partial charge on any atom is -0.493 e. The second kappa shape index (κ2) is 6.27. The molecule has 6 nitrogen and oxygen atoms in total. The Hall–Kier alpha value is -2.54. The largest absolute Gasteiger partial charge is 0.493 e. The summed E-state index contributed by atoms with van der Waals surface area (Å²) in [6, 6.07) is 8.31. The number of primary amides is 2. The molecule has 0 bridgehead atoms. The van der Waals surface area contributed by atoms with E-state index in [-0.39, 0.29) is 5.56 Å². The van der Waals surface area contributed by atoms with Gasteiger partial charge in [0.1, 0.15) is 10.8 Å². The van der Waals surface area contributed by atoms with Gasteiger partial charge in [-0.2, -0.15) is 0 Å². The molecule has 3 amide bonds. The third kappa shape index (κ3) is 3.32. The van der Waals surface area contributed by atoms with Gasteiger partial charge >= 0.3 is 6.03 Å². The van der Waals surface area contributed by atoms with E-state index in [0.717, 1.165) is 10.4 Å². The summed E-state index contributed by atoms with van der Waals surface area (Å²) in [5.41, 5.74) is 11.5. The summed E-state index contributed by atoms with van der Waals surface area (Å²) in [4.78, 5) is 23.2. The number of hydrogen-bond acceptors (Lipinski definition) is 4. The fourth-order valence-electron chi connectivity index (χ4n) is 1.86. The van der Waals surface area contributed by atoms with Crippen molar-refractivity contribution in [1.29, 1.82) is 0 Å². The number of carbonyl (C=O) groups is 2. The van der Waals surface area contributed by atoms with Crippen molar-refractivity contribution in [3.05, 3.63) is 35.9 Å². The van der Waals surface area contributed by atoms with Crippen LogP contribution in [0.25, 0.3) is 10.4 Å². The standard InChI is InChI=1S/C14H15N3O3S/c1-2-20-10-6-4-3-5-8(10)11-7-9(12(15)18)13(21-11)17-14(16)19/h3-7H,2H2,1H3,(H2,15,18)(H3,16,17,19). The molecule has 0 aliphatic rings. The Morgan fingerprint density at radius 1 is 1.29 bits per heavy atom. The number of amides is 3. The number of thiophene rings is 1. The summed E-state index contributed by atoms with van der Waals surface area (Å²) in [6.45, 7) is 2.41. The number of urea groups is 1. The zero-order chi connectivity index (χ0) is 15.4. The molecule has 0 atom stereocenters. The first-order valence-electron chi connectivity index (χ1n) is 6.25. The van der Waals surface area contributed by atoms with Crippen LogP contribution >= 0.6 is 11.3 Å². The maximum absolute atomic E-state index is 11.5. The molecular formula is C14H15N3O3S. The van der Waals surface area contributed by atoms with Crippen LogP contribution in [0.3, 0.4) is 0 Å². The average molecular weight is 305 g/mol. The Labute approximate surface area is 125 Å². The third-order valence-corrected chi connectivity index (χ3v) is 3.77. The van der Waals surface area contributed by atoms with Crippen molar-refractivity contribution in [3.63, 3.8) is 0 Å². The van der Waals surface area contributed by atoms with Crippen LogP contribution in [0, 0.1) is 0 Å². The van der Waals surface area contributed by atoms with Gasteiger partial charge in [-0.1, -0.05) is 12.1 Å². The second-order valence-corrected chi connectivity index (χ2v) is 5.19. The molecular weight excluding hydrogens is 290 g/mol.